The summed E-state index contributed by atoms with van der Waals surface area (Å²) in [7, 11) is 2.14. The smallest absolute Gasteiger partial charge is 0.216 e. The third kappa shape index (κ3) is 4.03. The Morgan fingerprint density at radius 1 is 0.769 bits per heavy atom. The predicted molar refractivity (Wildman–Crippen MR) is 164 cm³/mol. The molecule has 0 bridgehead atoms. The average Bonchev–Trinajstić information content (AvgIpc) is 3.36. The molecule has 200 valence electrons. The zero-order chi connectivity index (χ0) is 27.6. The summed E-state index contributed by atoms with van der Waals surface area (Å²) in [6.45, 7) is 16.2. The van der Waals surface area contributed by atoms with E-state index < -0.39 is 0 Å². The largest absolute Gasteiger partial charge is 0.455 e. The Bertz CT molecular complexity index is 1710. The van der Waals surface area contributed by atoms with Crippen LogP contribution >= 0.6 is 0 Å². The second-order valence-corrected chi connectivity index (χ2v) is 13.1. The number of aromatic nitrogens is 1. The minimum absolute atomic E-state index is 0.0121. The van der Waals surface area contributed by atoms with E-state index in [0.29, 0.717) is 17.8 Å². The lowest BCUT2D eigenvalue weighted by molar-refractivity contribution is -0.660. The fourth-order valence-corrected chi connectivity index (χ4v) is 7.31. The van der Waals surface area contributed by atoms with Gasteiger partial charge in [-0.1, -0.05) is 77.9 Å². The zero-order valence-electron chi connectivity index (χ0n) is 24.9. The first kappa shape index (κ1) is 25.9. The van der Waals surface area contributed by atoms with E-state index in [1.807, 2.05) is 0 Å². The quantitative estimate of drug-likeness (QED) is 0.205. The van der Waals surface area contributed by atoms with Crippen molar-refractivity contribution in [2.45, 2.75) is 72.6 Å². The Balaban J connectivity index is 1.66. The fraction of sp³-hybridized carbons (Fsp3) is 0.378. The standard InChI is InChI=1S/C37H42NO/c1-22(2)20-37(21-23(3)4)31-12-10-9-11-27(31)29-18-30-28-14-13-25(7)35(36(28)39-34(30)19-32(29)37)33-17-26(24(5)6)15-16-38(33)8/h9-19,22-24H,20-21H2,1-8H3/q+1. The van der Waals surface area contributed by atoms with Crippen molar-refractivity contribution in [3.05, 3.63) is 89.1 Å². The summed E-state index contributed by atoms with van der Waals surface area (Å²) in [5.74, 6) is 1.66. The van der Waals surface area contributed by atoms with E-state index >= 15 is 0 Å². The molecule has 6 rings (SSSR count). The summed E-state index contributed by atoms with van der Waals surface area (Å²) in [5, 5.41) is 2.42. The molecule has 0 saturated heterocycles. The molecule has 0 atom stereocenters. The first-order valence-electron chi connectivity index (χ1n) is 14.7. The molecule has 0 spiro atoms. The fourth-order valence-electron chi connectivity index (χ4n) is 7.31. The Morgan fingerprint density at radius 2 is 1.49 bits per heavy atom. The lowest BCUT2D eigenvalue weighted by Crippen LogP contribution is -2.31. The first-order chi connectivity index (χ1) is 18.6. The van der Waals surface area contributed by atoms with Crippen molar-refractivity contribution in [1.29, 1.82) is 0 Å². The molecule has 2 aromatic heterocycles. The molecule has 0 fully saturated rings. The lowest BCUT2D eigenvalue weighted by Gasteiger charge is -2.35. The molecule has 0 unspecified atom stereocenters. The van der Waals surface area contributed by atoms with E-state index in [9.17, 15) is 0 Å². The highest BCUT2D eigenvalue weighted by Gasteiger charge is 2.44. The summed E-state index contributed by atoms with van der Waals surface area (Å²) < 4.78 is 9.12. The van der Waals surface area contributed by atoms with Gasteiger partial charge in [-0.15, -0.1) is 0 Å². The van der Waals surface area contributed by atoms with Crippen LogP contribution in [-0.2, 0) is 12.5 Å². The van der Waals surface area contributed by atoms with Gasteiger partial charge in [0, 0.05) is 28.3 Å². The highest BCUT2D eigenvalue weighted by Crippen LogP contribution is 2.56. The third-order valence-corrected chi connectivity index (χ3v) is 8.85. The first-order valence-corrected chi connectivity index (χ1v) is 14.7. The molecule has 0 saturated carbocycles. The van der Waals surface area contributed by atoms with Crippen LogP contribution in [0, 0.1) is 18.8 Å². The topological polar surface area (TPSA) is 17.0 Å². The number of fused-ring (bicyclic) bond motifs is 6. The van der Waals surface area contributed by atoms with E-state index in [4.69, 9.17) is 4.42 Å². The minimum Gasteiger partial charge on any atom is -0.455 e. The second kappa shape index (κ2) is 9.37. The normalized spacial score (nSPS) is 14.2. The molecule has 0 aliphatic heterocycles. The maximum absolute atomic E-state index is 6.89. The van der Waals surface area contributed by atoms with Crippen molar-refractivity contribution in [1.82, 2.24) is 0 Å². The van der Waals surface area contributed by atoms with Crippen LogP contribution < -0.4 is 4.57 Å². The molecule has 1 aliphatic carbocycles. The van der Waals surface area contributed by atoms with Crippen molar-refractivity contribution < 1.29 is 8.98 Å². The summed E-state index contributed by atoms with van der Waals surface area (Å²) in [6.07, 6.45) is 4.47. The lowest BCUT2D eigenvalue weighted by atomic mass is 9.68. The SMILES string of the molecule is Cc1ccc2c(oc3cc4c(cc32)-c2ccccc2C4(CC(C)C)CC(C)C)c1-c1cc(C(C)C)cc[n+]1C. The van der Waals surface area contributed by atoms with Gasteiger partial charge in [-0.3, -0.25) is 0 Å². The predicted octanol–water partition coefficient (Wildman–Crippen LogP) is 9.87. The second-order valence-electron chi connectivity index (χ2n) is 13.1. The molecule has 2 heterocycles. The van der Waals surface area contributed by atoms with Crippen molar-refractivity contribution in [3.63, 3.8) is 0 Å². The molecule has 0 N–H and O–H groups in total. The van der Waals surface area contributed by atoms with Gasteiger partial charge in [-0.2, -0.15) is 0 Å². The Morgan fingerprint density at radius 3 is 2.18 bits per heavy atom. The number of rotatable bonds is 6. The van der Waals surface area contributed by atoms with Gasteiger partial charge in [0.1, 0.15) is 18.2 Å². The molecular formula is C37H42NO+. The molecule has 39 heavy (non-hydrogen) atoms. The number of benzene rings is 3. The van der Waals surface area contributed by atoms with Crippen molar-refractivity contribution >= 4 is 21.9 Å². The summed E-state index contributed by atoms with van der Waals surface area (Å²) in [5.41, 5.74) is 12.7. The summed E-state index contributed by atoms with van der Waals surface area (Å²) in [4.78, 5) is 0. The number of hydrogen-bond acceptors (Lipinski definition) is 1. The van der Waals surface area contributed by atoms with E-state index in [2.05, 4.69) is 127 Å². The summed E-state index contributed by atoms with van der Waals surface area (Å²) >= 11 is 0. The van der Waals surface area contributed by atoms with Crippen LogP contribution in [0.25, 0.3) is 44.3 Å². The van der Waals surface area contributed by atoms with Crippen molar-refractivity contribution in [3.8, 4) is 22.4 Å². The van der Waals surface area contributed by atoms with Crippen LogP contribution in [0.3, 0.4) is 0 Å². The molecule has 3 aromatic carbocycles. The third-order valence-electron chi connectivity index (χ3n) is 8.85. The van der Waals surface area contributed by atoms with E-state index in [-0.39, 0.29) is 5.41 Å². The van der Waals surface area contributed by atoms with Gasteiger partial charge in [0.2, 0.25) is 5.69 Å². The maximum Gasteiger partial charge on any atom is 0.216 e. The van der Waals surface area contributed by atoms with Gasteiger partial charge < -0.3 is 4.42 Å². The Kier molecular flexibility index (Phi) is 6.21. The number of hydrogen-bond donors (Lipinski definition) is 0. The van der Waals surface area contributed by atoms with Crippen molar-refractivity contribution in [2.24, 2.45) is 18.9 Å². The van der Waals surface area contributed by atoms with Crippen LogP contribution in [0.5, 0.6) is 0 Å². The molecule has 2 nitrogen and oxygen atoms in total. The van der Waals surface area contributed by atoms with Gasteiger partial charge >= 0.3 is 0 Å². The minimum atomic E-state index is 0.0121. The van der Waals surface area contributed by atoms with E-state index in [1.165, 1.54) is 55.4 Å². The molecule has 1 aliphatic rings. The number of furan rings is 1. The van der Waals surface area contributed by atoms with Crippen LogP contribution in [0.2, 0.25) is 0 Å². The molecule has 0 radical (unpaired) electrons. The van der Waals surface area contributed by atoms with Crippen LogP contribution in [0.15, 0.2) is 71.3 Å². The van der Waals surface area contributed by atoms with Gasteiger partial charge in [0.15, 0.2) is 6.20 Å². The molecule has 0 amide bonds. The maximum atomic E-state index is 6.89. The number of aryl methyl sites for hydroxylation is 2. The van der Waals surface area contributed by atoms with Gasteiger partial charge in [-0.05, 0) is 83.0 Å². The monoisotopic (exact) mass is 516 g/mol. The number of nitrogens with zero attached hydrogens (tertiary/aromatic N) is 1. The molecule has 2 heteroatoms. The molecular weight excluding hydrogens is 474 g/mol. The highest BCUT2D eigenvalue weighted by atomic mass is 16.3. The molecule has 5 aromatic rings. The highest BCUT2D eigenvalue weighted by molar-refractivity contribution is 6.11. The van der Waals surface area contributed by atoms with Gasteiger partial charge in [0.05, 0.1) is 5.56 Å². The Hall–Kier alpha value is -3.39. The van der Waals surface area contributed by atoms with Crippen LogP contribution in [0.4, 0.5) is 0 Å². The average molecular weight is 517 g/mol. The van der Waals surface area contributed by atoms with Gasteiger partial charge in [0.25, 0.3) is 0 Å². The Labute approximate surface area is 233 Å². The van der Waals surface area contributed by atoms with Crippen molar-refractivity contribution in [2.75, 3.05) is 0 Å². The van der Waals surface area contributed by atoms with E-state index in [1.54, 1.807) is 0 Å². The van der Waals surface area contributed by atoms with Crippen LogP contribution in [0.1, 0.15) is 82.6 Å². The van der Waals surface area contributed by atoms with Crippen LogP contribution in [-0.4, -0.2) is 0 Å². The zero-order valence-corrected chi connectivity index (χ0v) is 24.9. The summed E-state index contributed by atoms with van der Waals surface area (Å²) in [6, 6.07) is 23.1. The number of pyridine rings is 1. The van der Waals surface area contributed by atoms with Gasteiger partial charge in [-0.25, -0.2) is 4.57 Å². The van der Waals surface area contributed by atoms with E-state index in [0.717, 1.165) is 24.0 Å².